The van der Waals surface area contributed by atoms with Crippen molar-refractivity contribution in [3.63, 3.8) is 0 Å². The van der Waals surface area contributed by atoms with Gasteiger partial charge < -0.3 is 0 Å². The first-order valence-electron chi connectivity index (χ1n) is 12.8. The molecule has 0 bridgehead atoms. The maximum atomic E-state index is 4.77. The van der Waals surface area contributed by atoms with E-state index >= 15 is 0 Å². The second kappa shape index (κ2) is 9.92. The van der Waals surface area contributed by atoms with Crippen molar-refractivity contribution < 1.29 is 0 Å². The van der Waals surface area contributed by atoms with Gasteiger partial charge in [0.15, 0.2) is 0 Å². The molecule has 0 fully saturated rings. The van der Waals surface area contributed by atoms with E-state index in [2.05, 4.69) is 123 Å². The van der Waals surface area contributed by atoms with E-state index in [4.69, 9.17) is 4.98 Å². The van der Waals surface area contributed by atoms with Gasteiger partial charge in [0.05, 0.1) is 5.69 Å². The zero-order valence-corrected chi connectivity index (χ0v) is 21.2. The molecule has 0 saturated heterocycles. The summed E-state index contributed by atoms with van der Waals surface area (Å²) in [5.41, 5.74) is 10.6. The fraction of sp³-hybridized carbons (Fsp3) is 0.242. The monoisotopic (exact) mass is 458 g/mol. The van der Waals surface area contributed by atoms with Gasteiger partial charge in [0, 0.05) is 18.0 Å². The predicted octanol–water partition coefficient (Wildman–Crippen LogP) is 9.05. The van der Waals surface area contributed by atoms with Gasteiger partial charge in [0.2, 0.25) is 0 Å². The summed E-state index contributed by atoms with van der Waals surface area (Å²) >= 11 is 0. The number of hydrogen-bond donors (Lipinski definition) is 0. The van der Waals surface area contributed by atoms with E-state index in [-0.39, 0.29) is 0 Å². The number of allylic oxidation sites excluding steroid dienone is 4. The van der Waals surface area contributed by atoms with Crippen LogP contribution in [-0.4, -0.2) is 9.55 Å². The molecule has 1 aliphatic carbocycles. The largest absolute Gasteiger partial charge is 0.299 e. The molecule has 0 saturated carbocycles. The topological polar surface area (TPSA) is 17.8 Å². The summed E-state index contributed by atoms with van der Waals surface area (Å²) in [4.78, 5) is 4.77. The zero-order valence-electron chi connectivity index (χ0n) is 21.2. The van der Waals surface area contributed by atoms with Crippen LogP contribution in [-0.2, 0) is 0 Å². The zero-order chi connectivity index (χ0) is 24.4. The summed E-state index contributed by atoms with van der Waals surface area (Å²) in [6, 6.07) is 26.2. The summed E-state index contributed by atoms with van der Waals surface area (Å²) in [7, 11) is 0. The van der Waals surface area contributed by atoms with Gasteiger partial charge in [0.1, 0.15) is 5.82 Å². The van der Waals surface area contributed by atoms with Crippen molar-refractivity contribution in [3.8, 4) is 17.1 Å². The molecule has 1 aliphatic rings. The highest BCUT2D eigenvalue weighted by Gasteiger charge is 2.22. The lowest BCUT2D eigenvalue weighted by Crippen LogP contribution is -2.09. The molecule has 176 valence electrons. The second-order valence-corrected chi connectivity index (χ2v) is 10.00. The first kappa shape index (κ1) is 23.1. The van der Waals surface area contributed by atoms with Crippen LogP contribution < -0.4 is 0 Å². The van der Waals surface area contributed by atoms with Crippen molar-refractivity contribution in [1.29, 1.82) is 0 Å². The molecule has 0 radical (unpaired) electrons. The number of nitrogens with zero attached hydrogens (tertiary/aromatic N) is 2. The summed E-state index contributed by atoms with van der Waals surface area (Å²) < 4.78 is 2.30. The Balaban J connectivity index is 1.75. The first-order chi connectivity index (χ1) is 17.0. The van der Waals surface area contributed by atoms with E-state index in [9.17, 15) is 0 Å². The third-order valence-corrected chi connectivity index (χ3v) is 6.93. The van der Waals surface area contributed by atoms with Crippen LogP contribution in [0.1, 0.15) is 74.6 Å². The minimum atomic E-state index is 0.377. The molecule has 2 heteroatoms. The van der Waals surface area contributed by atoms with Gasteiger partial charge in [-0.3, -0.25) is 4.57 Å². The number of hydrogen-bond acceptors (Lipinski definition) is 1. The molecule has 0 unspecified atom stereocenters. The van der Waals surface area contributed by atoms with Crippen molar-refractivity contribution in [2.45, 2.75) is 52.4 Å². The van der Waals surface area contributed by atoms with Gasteiger partial charge in [-0.25, -0.2) is 4.98 Å². The van der Waals surface area contributed by atoms with Gasteiger partial charge in [-0.15, -0.1) is 0 Å². The molecule has 0 amide bonds. The van der Waals surface area contributed by atoms with Gasteiger partial charge >= 0.3 is 0 Å². The highest BCUT2D eigenvalue weighted by atomic mass is 15.1. The maximum Gasteiger partial charge on any atom is 0.144 e. The molecule has 3 aromatic carbocycles. The molecule has 4 aromatic rings. The van der Waals surface area contributed by atoms with Gasteiger partial charge in [-0.1, -0.05) is 101 Å². The number of aromatic nitrogens is 2. The minimum absolute atomic E-state index is 0.377. The van der Waals surface area contributed by atoms with E-state index in [1.807, 2.05) is 6.20 Å². The average molecular weight is 459 g/mol. The minimum Gasteiger partial charge on any atom is -0.299 e. The number of rotatable bonds is 6. The molecular weight excluding hydrogens is 424 g/mol. The molecular formula is C33H34N2. The van der Waals surface area contributed by atoms with Crippen LogP contribution in [0.4, 0.5) is 0 Å². The highest BCUT2D eigenvalue weighted by Crippen LogP contribution is 2.40. The van der Waals surface area contributed by atoms with Crippen LogP contribution in [0.5, 0.6) is 0 Å². The summed E-state index contributed by atoms with van der Waals surface area (Å²) in [6.07, 6.45) is 10.9. The quantitative estimate of drug-likeness (QED) is 0.282. The molecule has 1 aromatic heterocycles. The fourth-order valence-corrected chi connectivity index (χ4v) is 5.15. The Labute approximate surface area is 209 Å². The van der Waals surface area contributed by atoms with E-state index < -0.39 is 0 Å². The molecule has 0 N–H and O–H groups in total. The van der Waals surface area contributed by atoms with Crippen LogP contribution in [0.3, 0.4) is 0 Å². The van der Waals surface area contributed by atoms with E-state index in [0.29, 0.717) is 11.8 Å². The Morgan fingerprint density at radius 1 is 0.743 bits per heavy atom. The summed E-state index contributed by atoms with van der Waals surface area (Å²) in [5, 5.41) is 0. The van der Waals surface area contributed by atoms with Crippen molar-refractivity contribution in [2.75, 3.05) is 0 Å². The number of imidazole rings is 1. The van der Waals surface area contributed by atoms with Crippen LogP contribution in [0.15, 0.2) is 97.3 Å². The second-order valence-electron chi connectivity index (χ2n) is 10.00. The molecule has 2 nitrogen and oxygen atoms in total. The Kier molecular flexibility index (Phi) is 6.55. The molecule has 0 aliphatic heterocycles. The predicted molar refractivity (Wildman–Crippen MR) is 149 cm³/mol. The lowest BCUT2D eigenvalue weighted by atomic mass is 9.83. The Hall–Kier alpha value is -3.65. The van der Waals surface area contributed by atoms with E-state index in [1.165, 1.54) is 39.1 Å². The van der Waals surface area contributed by atoms with Gasteiger partial charge in [0.25, 0.3) is 0 Å². The molecule has 5 rings (SSSR count). The van der Waals surface area contributed by atoms with Crippen molar-refractivity contribution in [3.05, 3.63) is 120 Å². The van der Waals surface area contributed by atoms with Crippen molar-refractivity contribution in [2.24, 2.45) is 0 Å². The summed E-state index contributed by atoms with van der Waals surface area (Å²) in [5.74, 6) is 1.74. The Morgan fingerprint density at radius 2 is 1.34 bits per heavy atom. The third kappa shape index (κ3) is 4.53. The SMILES string of the molecule is CC(C)c1cc(C2=C(c3ccccc3)CCC=C2)cc(C(C)C)c1-n1ccnc1-c1ccccc1. The van der Waals surface area contributed by atoms with Gasteiger partial charge in [-0.2, -0.15) is 0 Å². The van der Waals surface area contributed by atoms with Crippen molar-refractivity contribution in [1.82, 2.24) is 9.55 Å². The van der Waals surface area contributed by atoms with Crippen molar-refractivity contribution >= 4 is 11.1 Å². The number of benzene rings is 3. The Morgan fingerprint density at radius 3 is 1.94 bits per heavy atom. The van der Waals surface area contributed by atoms with Gasteiger partial charge in [-0.05, 0) is 70.2 Å². The standard InChI is InChI=1S/C33H34N2/c1-23(2)30-21-27(29-18-12-11-17-28(29)25-13-7-5-8-14-25)22-31(24(3)4)32(30)35-20-19-34-33(35)26-15-9-6-10-16-26/h5-10,12-16,18-24H,11,17H2,1-4H3. The summed E-state index contributed by atoms with van der Waals surface area (Å²) in [6.45, 7) is 9.20. The van der Waals surface area contributed by atoms with E-state index in [0.717, 1.165) is 24.2 Å². The lowest BCUT2D eigenvalue weighted by Gasteiger charge is -2.25. The molecule has 0 atom stereocenters. The highest BCUT2D eigenvalue weighted by molar-refractivity contribution is 5.97. The smallest absolute Gasteiger partial charge is 0.144 e. The van der Waals surface area contributed by atoms with Crippen LogP contribution in [0.25, 0.3) is 28.2 Å². The average Bonchev–Trinajstić information content (AvgIpc) is 3.38. The lowest BCUT2D eigenvalue weighted by molar-refractivity contribution is 0.805. The maximum absolute atomic E-state index is 4.77. The first-order valence-corrected chi connectivity index (χ1v) is 12.8. The third-order valence-electron chi connectivity index (χ3n) is 6.93. The molecule has 35 heavy (non-hydrogen) atoms. The van der Waals surface area contributed by atoms with Crippen LogP contribution >= 0.6 is 0 Å². The molecule has 1 heterocycles. The molecule has 0 spiro atoms. The van der Waals surface area contributed by atoms with E-state index in [1.54, 1.807) is 0 Å². The van der Waals surface area contributed by atoms with Crippen LogP contribution in [0, 0.1) is 0 Å². The Bertz CT molecular complexity index is 1340. The normalized spacial score (nSPS) is 13.8. The fourth-order valence-electron chi connectivity index (χ4n) is 5.15. The van der Waals surface area contributed by atoms with Crippen LogP contribution in [0.2, 0.25) is 0 Å².